The molecule has 2 atom stereocenters. The number of benzene rings is 1. The third-order valence-corrected chi connectivity index (χ3v) is 3.50. The minimum Gasteiger partial charge on any atom is -0.408 e. The Morgan fingerprint density at radius 1 is 1.42 bits per heavy atom. The molecule has 2 aromatic rings. The first-order valence-electron chi connectivity index (χ1n) is 6.52. The molecule has 0 spiro atoms. The highest BCUT2D eigenvalue weighted by atomic mass is 16.4. The second-order valence-electron chi connectivity index (χ2n) is 5.23. The van der Waals surface area contributed by atoms with Crippen LogP contribution in [0.5, 0.6) is 0 Å². The standard InChI is InChI=1S/C14H21N3O2/c1-9(6-7-15)13(17(2)3)10-4-5-11-12(8-10)19-14(18)16-11/h4-5,8-9,13H,6-7,15H2,1-3H3,(H,16,18). The summed E-state index contributed by atoms with van der Waals surface area (Å²) >= 11 is 0. The number of aromatic nitrogens is 1. The first-order chi connectivity index (χ1) is 9.02. The molecule has 0 radical (unpaired) electrons. The van der Waals surface area contributed by atoms with Gasteiger partial charge in [-0.15, -0.1) is 0 Å². The van der Waals surface area contributed by atoms with Crippen LogP contribution < -0.4 is 11.5 Å². The Kier molecular flexibility index (Phi) is 4.07. The van der Waals surface area contributed by atoms with Crippen LogP contribution in [0.1, 0.15) is 24.9 Å². The lowest BCUT2D eigenvalue weighted by Gasteiger charge is -2.30. The number of nitrogens with one attached hydrogen (secondary N) is 1. The number of nitrogens with zero attached hydrogens (tertiary/aromatic N) is 1. The van der Waals surface area contributed by atoms with Crippen LogP contribution in [-0.2, 0) is 0 Å². The predicted octanol–water partition coefficient (Wildman–Crippen LogP) is 1.71. The van der Waals surface area contributed by atoms with Gasteiger partial charge < -0.3 is 15.1 Å². The molecule has 104 valence electrons. The molecule has 1 heterocycles. The molecule has 0 aliphatic carbocycles. The number of fused-ring (bicyclic) bond motifs is 1. The van der Waals surface area contributed by atoms with E-state index in [0.29, 0.717) is 18.0 Å². The quantitative estimate of drug-likeness (QED) is 0.861. The van der Waals surface area contributed by atoms with E-state index in [9.17, 15) is 4.79 Å². The Hall–Kier alpha value is -1.59. The van der Waals surface area contributed by atoms with Gasteiger partial charge in [-0.3, -0.25) is 4.98 Å². The summed E-state index contributed by atoms with van der Waals surface area (Å²) in [6, 6.07) is 6.12. The van der Waals surface area contributed by atoms with E-state index < -0.39 is 5.76 Å². The van der Waals surface area contributed by atoms with Crippen molar-refractivity contribution >= 4 is 11.1 Å². The fraction of sp³-hybridized carbons (Fsp3) is 0.500. The van der Waals surface area contributed by atoms with E-state index in [2.05, 4.69) is 30.9 Å². The van der Waals surface area contributed by atoms with Crippen molar-refractivity contribution in [3.8, 4) is 0 Å². The van der Waals surface area contributed by atoms with Crippen molar-refractivity contribution in [1.82, 2.24) is 9.88 Å². The van der Waals surface area contributed by atoms with Gasteiger partial charge in [0, 0.05) is 6.04 Å². The summed E-state index contributed by atoms with van der Waals surface area (Å²) < 4.78 is 5.12. The summed E-state index contributed by atoms with van der Waals surface area (Å²) in [4.78, 5) is 16.0. The van der Waals surface area contributed by atoms with Crippen LogP contribution in [0.15, 0.2) is 27.4 Å². The highest BCUT2D eigenvalue weighted by Crippen LogP contribution is 2.30. The third-order valence-electron chi connectivity index (χ3n) is 3.50. The zero-order valence-corrected chi connectivity index (χ0v) is 11.6. The maximum absolute atomic E-state index is 11.2. The summed E-state index contributed by atoms with van der Waals surface area (Å²) in [5.74, 6) is 0.0201. The SMILES string of the molecule is CC(CCN)C(c1ccc2[nH]c(=O)oc2c1)N(C)C. The zero-order chi connectivity index (χ0) is 14.0. The average Bonchev–Trinajstić information content (AvgIpc) is 2.68. The van der Waals surface area contributed by atoms with Crippen molar-refractivity contribution in [3.05, 3.63) is 34.3 Å². The maximum Gasteiger partial charge on any atom is 0.417 e. The van der Waals surface area contributed by atoms with Gasteiger partial charge in [0.25, 0.3) is 0 Å². The fourth-order valence-electron chi connectivity index (χ4n) is 2.70. The van der Waals surface area contributed by atoms with Crippen LogP contribution in [0.4, 0.5) is 0 Å². The summed E-state index contributed by atoms with van der Waals surface area (Å²) in [7, 11) is 4.10. The van der Waals surface area contributed by atoms with Gasteiger partial charge in [-0.05, 0) is 50.7 Å². The van der Waals surface area contributed by atoms with Crippen molar-refractivity contribution in [2.75, 3.05) is 20.6 Å². The van der Waals surface area contributed by atoms with Crippen molar-refractivity contribution < 1.29 is 4.42 Å². The normalized spacial score (nSPS) is 15.0. The van der Waals surface area contributed by atoms with Crippen molar-refractivity contribution in [2.45, 2.75) is 19.4 Å². The molecular weight excluding hydrogens is 242 g/mol. The molecule has 2 rings (SSSR count). The maximum atomic E-state index is 11.2. The van der Waals surface area contributed by atoms with Crippen LogP contribution in [0, 0.1) is 5.92 Å². The number of hydrogen-bond donors (Lipinski definition) is 2. The molecule has 5 heteroatoms. The van der Waals surface area contributed by atoms with Gasteiger partial charge in [0.05, 0.1) is 5.52 Å². The lowest BCUT2D eigenvalue weighted by molar-refractivity contribution is 0.217. The van der Waals surface area contributed by atoms with Crippen LogP contribution in [0.2, 0.25) is 0 Å². The van der Waals surface area contributed by atoms with Crippen LogP contribution in [0.3, 0.4) is 0 Å². The first kappa shape index (κ1) is 13.8. The monoisotopic (exact) mass is 263 g/mol. The molecule has 1 aromatic carbocycles. The molecule has 0 amide bonds. The van der Waals surface area contributed by atoms with Crippen LogP contribution in [-0.4, -0.2) is 30.5 Å². The number of H-pyrrole nitrogens is 1. The largest absolute Gasteiger partial charge is 0.417 e. The molecule has 0 saturated carbocycles. The van der Waals surface area contributed by atoms with Crippen molar-refractivity contribution in [1.29, 1.82) is 0 Å². The molecule has 5 nitrogen and oxygen atoms in total. The van der Waals surface area contributed by atoms with Gasteiger partial charge in [-0.1, -0.05) is 13.0 Å². The summed E-state index contributed by atoms with van der Waals surface area (Å²) in [5, 5.41) is 0. The van der Waals surface area contributed by atoms with Gasteiger partial charge >= 0.3 is 5.76 Å². The zero-order valence-electron chi connectivity index (χ0n) is 11.6. The third kappa shape index (κ3) is 2.88. The van der Waals surface area contributed by atoms with E-state index >= 15 is 0 Å². The lowest BCUT2D eigenvalue weighted by atomic mass is 9.91. The van der Waals surface area contributed by atoms with E-state index in [1.165, 1.54) is 0 Å². The highest BCUT2D eigenvalue weighted by molar-refractivity contribution is 5.72. The van der Waals surface area contributed by atoms with E-state index in [1.807, 2.05) is 18.2 Å². The molecular formula is C14H21N3O2. The molecule has 19 heavy (non-hydrogen) atoms. The molecule has 2 unspecified atom stereocenters. The molecule has 0 aliphatic heterocycles. The molecule has 1 aromatic heterocycles. The molecule has 0 saturated heterocycles. The van der Waals surface area contributed by atoms with E-state index in [4.69, 9.17) is 10.2 Å². The summed E-state index contributed by atoms with van der Waals surface area (Å²) in [6.45, 7) is 2.86. The van der Waals surface area contributed by atoms with E-state index in [1.54, 1.807) is 0 Å². The molecule has 0 aliphatic rings. The topological polar surface area (TPSA) is 75.3 Å². The number of rotatable bonds is 5. The number of oxazole rings is 1. The van der Waals surface area contributed by atoms with Crippen LogP contribution in [0.25, 0.3) is 11.1 Å². The van der Waals surface area contributed by atoms with Gasteiger partial charge in [0.2, 0.25) is 0 Å². The second kappa shape index (κ2) is 5.59. The Bertz CT molecular complexity index is 600. The number of nitrogens with two attached hydrogens (primary N) is 1. The Labute approximate surface area is 112 Å². The van der Waals surface area contributed by atoms with Gasteiger partial charge in [-0.25, -0.2) is 4.79 Å². The first-order valence-corrected chi connectivity index (χ1v) is 6.52. The number of hydrogen-bond acceptors (Lipinski definition) is 4. The Balaban J connectivity index is 2.40. The minimum absolute atomic E-state index is 0.258. The Morgan fingerprint density at radius 2 is 2.16 bits per heavy atom. The predicted molar refractivity (Wildman–Crippen MR) is 76.1 cm³/mol. The van der Waals surface area contributed by atoms with Gasteiger partial charge in [-0.2, -0.15) is 0 Å². The summed E-state index contributed by atoms with van der Waals surface area (Å²) in [5.41, 5.74) is 8.14. The van der Waals surface area contributed by atoms with E-state index in [0.717, 1.165) is 17.5 Å². The lowest BCUT2D eigenvalue weighted by Crippen LogP contribution is -2.27. The average molecular weight is 263 g/mol. The molecule has 0 bridgehead atoms. The minimum atomic E-state index is -0.413. The van der Waals surface area contributed by atoms with Gasteiger partial charge in [0.15, 0.2) is 5.58 Å². The second-order valence-corrected chi connectivity index (χ2v) is 5.23. The van der Waals surface area contributed by atoms with Gasteiger partial charge in [0.1, 0.15) is 0 Å². The molecule has 0 fully saturated rings. The highest BCUT2D eigenvalue weighted by Gasteiger charge is 2.21. The van der Waals surface area contributed by atoms with E-state index in [-0.39, 0.29) is 6.04 Å². The van der Waals surface area contributed by atoms with Crippen molar-refractivity contribution in [2.24, 2.45) is 11.7 Å². The number of aromatic amines is 1. The fourth-order valence-corrected chi connectivity index (χ4v) is 2.70. The smallest absolute Gasteiger partial charge is 0.408 e. The molecule has 3 N–H and O–H groups in total. The van der Waals surface area contributed by atoms with Crippen LogP contribution >= 0.6 is 0 Å². The summed E-state index contributed by atoms with van der Waals surface area (Å²) in [6.07, 6.45) is 0.956. The Morgan fingerprint density at radius 3 is 2.79 bits per heavy atom. The van der Waals surface area contributed by atoms with Crippen molar-refractivity contribution in [3.63, 3.8) is 0 Å².